The number of benzene rings is 1. The molecule has 0 spiro atoms. The summed E-state index contributed by atoms with van der Waals surface area (Å²) in [5.74, 6) is 0. The van der Waals surface area contributed by atoms with Crippen LogP contribution >= 0.6 is 12.2 Å². The number of rotatable bonds is 6. The van der Waals surface area contributed by atoms with Gasteiger partial charge in [-0.3, -0.25) is 4.98 Å². The van der Waals surface area contributed by atoms with Gasteiger partial charge in [-0.2, -0.15) is 0 Å². The summed E-state index contributed by atoms with van der Waals surface area (Å²) >= 11 is 5.86. The summed E-state index contributed by atoms with van der Waals surface area (Å²) in [6.07, 6.45) is 5.33. The van der Waals surface area contributed by atoms with E-state index in [4.69, 9.17) is 17.0 Å². The van der Waals surface area contributed by atoms with E-state index in [9.17, 15) is 0 Å². The van der Waals surface area contributed by atoms with Gasteiger partial charge >= 0.3 is 0 Å². The van der Waals surface area contributed by atoms with Crippen molar-refractivity contribution in [2.24, 2.45) is 0 Å². The predicted molar refractivity (Wildman–Crippen MR) is 136 cm³/mol. The molecule has 2 aliphatic rings. The number of hydrogen-bond donors (Lipinski definition) is 1. The molecule has 33 heavy (non-hydrogen) atoms. The van der Waals surface area contributed by atoms with Crippen molar-refractivity contribution in [3.8, 4) is 5.69 Å². The molecule has 4 heterocycles. The molecule has 0 bridgehead atoms. The van der Waals surface area contributed by atoms with Crippen molar-refractivity contribution >= 4 is 17.3 Å². The summed E-state index contributed by atoms with van der Waals surface area (Å²) in [4.78, 5) is 7.02. The SMILES string of the molecule is CCc1ccc(-n2c(C)cc([C@@H]3[C@H](c4ccccn4)NC(=S)N3C[C@@H]3CCCO3)c2C)cc1. The second-order valence-electron chi connectivity index (χ2n) is 9.10. The van der Waals surface area contributed by atoms with Crippen LogP contribution in [0.2, 0.25) is 0 Å². The van der Waals surface area contributed by atoms with E-state index < -0.39 is 0 Å². The number of nitrogens with zero attached hydrogens (tertiary/aromatic N) is 3. The molecule has 0 saturated carbocycles. The molecule has 3 aromatic rings. The average molecular weight is 461 g/mol. The Kier molecular flexibility index (Phi) is 6.21. The van der Waals surface area contributed by atoms with Gasteiger partial charge in [0.25, 0.3) is 0 Å². The van der Waals surface area contributed by atoms with E-state index in [2.05, 4.69) is 76.9 Å². The molecule has 0 radical (unpaired) electrons. The van der Waals surface area contributed by atoms with Crippen LogP contribution in [0.1, 0.15) is 60.1 Å². The lowest BCUT2D eigenvalue weighted by molar-refractivity contribution is 0.0842. The Balaban J connectivity index is 1.57. The largest absolute Gasteiger partial charge is 0.376 e. The molecule has 5 rings (SSSR count). The molecule has 2 aliphatic heterocycles. The number of nitrogens with one attached hydrogen (secondary N) is 1. The number of hydrogen-bond acceptors (Lipinski definition) is 3. The molecule has 0 amide bonds. The number of thiocarbonyl (C=S) groups is 1. The number of pyridine rings is 1. The number of aryl methyl sites for hydroxylation is 2. The van der Waals surface area contributed by atoms with Crippen LogP contribution in [-0.4, -0.2) is 38.8 Å². The monoisotopic (exact) mass is 460 g/mol. The summed E-state index contributed by atoms with van der Waals surface area (Å²) in [7, 11) is 0. The van der Waals surface area contributed by atoms with Crippen molar-refractivity contribution in [2.75, 3.05) is 13.2 Å². The van der Waals surface area contributed by atoms with E-state index in [0.717, 1.165) is 43.2 Å². The first-order chi connectivity index (χ1) is 16.1. The lowest BCUT2D eigenvalue weighted by Crippen LogP contribution is -2.36. The molecule has 2 fully saturated rings. The highest BCUT2D eigenvalue weighted by atomic mass is 32.1. The molecular formula is C27H32N4OS. The Morgan fingerprint density at radius 2 is 1.97 bits per heavy atom. The van der Waals surface area contributed by atoms with E-state index in [0.29, 0.717) is 0 Å². The third kappa shape index (κ3) is 4.18. The van der Waals surface area contributed by atoms with E-state index in [1.54, 1.807) is 0 Å². The summed E-state index contributed by atoms with van der Waals surface area (Å²) in [6.45, 7) is 8.24. The third-order valence-corrected chi connectivity index (χ3v) is 7.37. The Hall–Kier alpha value is -2.70. The van der Waals surface area contributed by atoms with Crippen molar-refractivity contribution in [1.29, 1.82) is 0 Å². The smallest absolute Gasteiger partial charge is 0.170 e. The highest BCUT2D eigenvalue weighted by Crippen LogP contribution is 2.42. The lowest BCUT2D eigenvalue weighted by atomic mass is 9.96. The molecule has 0 unspecified atom stereocenters. The van der Waals surface area contributed by atoms with Gasteiger partial charge in [0, 0.05) is 36.4 Å². The fourth-order valence-corrected chi connectivity index (χ4v) is 5.63. The molecule has 6 heteroatoms. The Labute approximate surface area is 201 Å². The third-order valence-electron chi connectivity index (χ3n) is 7.01. The van der Waals surface area contributed by atoms with Crippen LogP contribution in [0.4, 0.5) is 0 Å². The van der Waals surface area contributed by atoms with Crippen LogP contribution in [0.25, 0.3) is 5.69 Å². The fourth-order valence-electron chi connectivity index (χ4n) is 5.31. The van der Waals surface area contributed by atoms with Crippen LogP contribution in [0.15, 0.2) is 54.7 Å². The van der Waals surface area contributed by atoms with E-state index in [-0.39, 0.29) is 18.2 Å². The predicted octanol–water partition coefficient (Wildman–Crippen LogP) is 5.20. The fraction of sp³-hybridized carbons (Fsp3) is 0.407. The van der Waals surface area contributed by atoms with Gasteiger partial charge in [0.05, 0.1) is 23.9 Å². The van der Waals surface area contributed by atoms with Crippen molar-refractivity contribution in [3.63, 3.8) is 0 Å². The molecule has 1 N–H and O–H groups in total. The molecule has 1 aromatic carbocycles. The first kappa shape index (κ1) is 22.1. The zero-order valence-electron chi connectivity index (χ0n) is 19.6. The van der Waals surface area contributed by atoms with Crippen LogP contribution in [0.5, 0.6) is 0 Å². The Morgan fingerprint density at radius 1 is 1.15 bits per heavy atom. The minimum Gasteiger partial charge on any atom is -0.376 e. The molecule has 0 aliphatic carbocycles. The lowest BCUT2D eigenvalue weighted by Gasteiger charge is -2.30. The van der Waals surface area contributed by atoms with Crippen LogP contribution < -0.4 is 5.32 Å². The molecule has 3 atom stereocenters. The topological polar surface area (TPSA) is 42.3 Å². The Bertz CT molecular complexity index is 1120. The maximum Gasteiger partial charge on any atom is 0.170 e. The first-order valence-electron chi connectivity index (χ1n) is 11.9. The Morgan fingerprint density at radius 3 is 2.64 bits per heavy atom. The summed E-state index contributed by atoms with van der Waals surface area (Å²) in [5, 5.41) is 4.36. The highest BCUT2D eigenvalue weighted by Gasteiger charge is 2.42. The second-order valence-corrected chi connectivity index (χ2v) is 9.48. The molecule has 2 saturated heterocycles. The van der Waals surface area contributed by atoms with Gasteiger partial charge in [0.15, 0.2) is 5.11 Å². The number of ether oxygens (including phenoxy) is 1. The normalized spacial score (nSPS) is 22.7. The van der Waals surface area contributed by atoms with E-state index >= 15 is 0 Å². The van der Waals surface area contributed by atoms with Gasteiger partial charge in [-0.15, -0.1) is 0 Å². The summed E-state index contributed by atoms with van der Waals surface area (Å²) < 4.78 is 8.35. The van der Waals surface area contributed by atoms with E-state index in [1.807, 2.05) is 18.3 Å². The van der Waals surface area contributed by atoms with Crippen LogP contribution in [-0.2, 0) is 11.2 Å². The van der Waals surface area contributed by atoms with Gasteiger partial charge in [-0.25, -0.2) is 0 Å². The maximum absolute atomic E-state index is 5.99. The minimum absolute atomic E-state index is 0.00322. The van der Waals surface area contributed by atoms with Gasteiger partial charge in [0.2, 0.25) is 0 Å². The second kappa shape index (κ2) is 9.27. The highest BCUT2D eigenvalue weighted by molar-refractivity contribution is 7.80. The minimum atomic E-state index is -0.00322. The molecule has 5 nitrogen and oxygen atoms in total. The van der Waals surface area contributed by atoms with Crippen molar-refractivity contribution in [2.45, 2.75) is 58.2 Å². The first-order valence-corrected chi connectivity index (χ1v) is 12.4. The van der Waals surface area contributed by atoms with Gasteiger partial charge in [-0.1, -0.05) is 25.1 Å². The maximum atomic E-state index is 5.99. The van der Waals surface area contributed by atoms with E-state index in [1.165, 1.54) is 28.2 Å². The summed E-state index contributed by atoms with van der Waals surface area (Å²) in [6, 6.07) is 17.4. The van der Waals surface area contributed by atoms with Gasteiger partial charge < -0.3 is 19.5 Å². The number of aromatic nitrogens is 2. The van der Waals surface area contributed by atoms with Gasteiger partial charge in [-0.05, 0) is 86.8 Å². The summed E-state index contributed by atoms with van der Waals surface area (Å²) in [5.41, 5.74) is 7.31. The van der Waals surface area contributed by atoms with Crippen LogP contribution in [0.3, 0.4) is 0 Å². The molecule has 172 valence electrons. The zero-order chi connectivity index (χ0) is 22.9. The van der Waals surface area contributed by atoms with Crippen molar-refractivity contribution < 1.29 is 4.74 Å². The van der Waals surface area contributed by atoms with Crippen molar-refractivity contribution in [1.82, 2.24) is 19.8 Å². The standard InChI is InChI=1S/C27H32N4OS/c1-4-20-10-12-21(13-11-20)31-18(2)16-23(19(31)3)26-25(24-9-5-6-14-28-24)29-27(33)30(26)17-22-8-7-15-32-22/h5-6,9-14,16,22,25-26H,4,7-8,15,17H2,1-3H3,(H,29,33)/t22-,25-,26+/m0/s1. The zero-order valence-corrected chi connectivity index (χ0v) is 20.4. The molecule has 2 aromatic heterocycles. The molecular weight excluding hydrogens is 428 g/mol. The van der Waals surface area contributed by atoms with Crippen molar-refractivity contribution in [3.05, 3.63) is 82.9 Å². The quantitative estimate of drug-likeness (QED) is 0.512. The van der Waals surface area contributed by atoms with Crippen LogP contribution in [0, 0.1) is 13.8 Å². The average Bonchev–Trinajstić information content (AvgIpc) is 3.54. The van der Waals surface area contributed by atoms with Gasteiger partial charge in [0.1, 0.15) is 0 Å².